The van der Waals surface area contributed by atoms with E-state index in [0.29, 0.717) is 19.6 Å². The highest BCUT2D eigenvalue weighted by molar-refractivity contribution is 5.74. The lowest BCUT2D eigenvalue weighted by molar-refractivity contribution is -0.137. The van der Waals surface area contributed by atoms with Gasteiger partial charge < -0.3 is 20.5 Å². The number of hydrogen-bond acceptors (Lipinski definition) is 3. The summed E-state index contributed by atoms with van der Waals surface area (Å²) in [5.74, 6) is -0.851. The summed E-state index contributed by atoms with van der Waals surface area (Å²) in [5, 5.41) is 13.6. The number of aliphatic carboxylic acids is 1. The third kappa shape index (κ3) is 5.21. The van der Waals surface area contributed by atoms with E-state index in [1.807, 2.05) is 0 Å². The van der Waals surface area contributed by atoms with E-state index >= 15 is 0 Å². The molecule has 1 atom stereocenters. The normalized spacial score (nSPS) is 19.9. The maximum Gasteiger partial charge on any atom is 0.316 e. The van der Waals surface area contributed by atoms with Crippen molar-refractivity contribution in [1.82, 2.24) is 10.6 Å². The fourth-order valence-corrected chi connectivity index (χ4v) is 1.33. The van der Waals surface area contributed by atoms with Crippen molar-refractivity contribution in [2.24, 2.45) is 0 Å². The maximum absolute atomic E-state index is 11.2. The van der Waals surface area contributed by atoms with Gasteiger partial charge in [-0.25, -0.2) is 4.79 Å². The van der Waals surface area contributed by atoms with Crippen molar-refractivity contribution in [1.29, 1.82) is 0 Å². The molecule has 0 saturated carbocycles. The van der Waals surface area contributed by atoms with Crippen LogP contribution in [0.4, 0.5) is 4.79 Å². The number of carboxylic acids is 1. The molecule has 1 rings (SSSR count). The van der Waals surface area contributed by atoms with Crippen molar-refractivity contribution >= 4 is 12.0 Å². The first-order valence-corrected chi connectivity index (χ1v) is 5.06. The molecule has 0 aliphatic carbocycles. The van der Waals surface area contributed by atoms with Gasteiger partial charge in [-0.2, -0.15) is 0 Å². The SMILES string of the molecule is O=C(O)CCCNC(=O)NC1CCCO1. The molecular formula is C9H16N2O4. The highest BCUT2D eigenvalue weighted by atomic mass is 16.5. The quantitative estimate of drug-likeness (QED) is 0.576. The zero-order valence-electron chi connectivity index (χ0n) is 8.49. The molecule has 6 nitrogen and oxygen atoms in total. The molecule has 1 fully saturated rings. The molecule has 0 bridgehead atoms. The van der Waals surface area contributed by atoms with Crippen LogP contribution < -0.4 is 10.6 Å². The van der Waals surface area contributed by atoms with E-state index in [4.69, 9.17) is 9.84 Å². The van der Waals surface area contributed by atoms with Gasteiger partial charge >= 0.3 is 12.0 Å². The first kappa shape index (κ1) is 11.8. The Morgan fingerprint density at radius 2 is 2.27 bits per heavy atom. The van der Waals surface area contributed by atoms with Crippen molar-refractivity contribution in [3.63, 3.8) is 0 Å². The maximum atomic E-state index is 11.2. The molecule has 6 heteroatoms. The van der Waals surface area contributed by atoms with Crippen LogP contribution in [0.2, 0.25) is 0 Å². The van der Waals surface area contributed by atoms with Crippen LogP contribution in [0.15, 0.2) is 0 Å². The third-order valence-corrected chi connectivity index (χ3v) is 2.07. The molecule has 1 aliphatic heterocycles. The number of rotatable bonds is 5. The summed E-state index contributed by atoms with van der Waals surface area (Å²) in [5.41, 5.74) is 0. The number of hydrogen-bond donors (Lipinski definition) is 3. The Hall–Kier alpha value is -1.30. The molecule has 86 valence electrons. The first-order valence-electron chi connectivity index (χ1n) is 5.06. The number of ether oxygens (including phenoxy) is 1. The lowest BCUT2D eigenvalue weighted by Gasteiger charge is -2.12. The van der Waals surface area contributed by atoms with Crippen LogP contribution in [0, 0.1) is 0 Å². The monoisotopic (exact) mass is 216 g/mol. The Labute approximate surface area is 88.0 Å². The van der Waals surface area contributed by atoms with Crippen LogP contribution in [0.1, 0.15) is 25.7 Å². The Kier molecular flexibility index (Phi) is 4.89. The molecule has 1 heterocycles. The molecule has 0 aromatic rings. The van der Waals surface area contributed by atoms with Gasteiger partial charge in [0.15, 0.2) is 0 Å². The zero-order valence-corrected chi connectivity index (χ0v) is 8.49. The largest absolute Gasteiger partial charge is 0.481 e. The van der Waals surface area contributed by atoms with E-state index in [1.54, 1.807) is 0 Å². The van der Waals surface area contributed by atoms with Crippen LogP contribution in [-0.2, 0) is 9.53 Å². The topological polar surface area (TPSA) is 87.7 Å². The zero-order chi connectivity index (χ0) is 11.1. The minimum Gasteiger partial charge on any atom is -0.481 e. The van der Waals surface area contributed by atoms with Crippen molar-refractivity contribution in [3.05, 3.63) is 0 Å². The summed E-state index contributed by atoms with van der Waals surface area (Å²) in [4.78, 5) is 21.4. The summed E-state index contributed by atoms with van der Waals surface area (Å²) < 4.78 is 5.20. The van der Waals surface area contributed by atoms with Gasteiger partial charge in [-0.3, -0.25) is 4.79 Å². The van der Waals surface area contributed by atoms with Crippen LogP contribution in [0.25, 0.3) is 0 Å². The number of carbonyl (C=O) groups excluding carboxylic acids is 1. The second-order valence-electron chi connectivity index (χ2n) is 3.40. The smallest absolute Gasteiger partial charge is 0.316 e. The highest BCUT2D eigenvalue weighted by Gasteiger charge is 2.16. The number of nitrogens with one attached hydrogen (secondary N) is 2. The van der Waals surface area contributed by atoms with Gasteiger partial charge in [0.2, 0.25) is 0 Å². The Morgan fingerprint density at radius 1 is 1.47 bits per heavy atom. The molecule has 3 N–H and O–H groups in total. The van der Waals surface area contributed by atoms with E-state index < -0.39 is 5.97 Å². The minimum atomic E-state index is -0.851. The number of carbonyl (C=O) groups is 2. The molecule has 1 saturated heterocycles. The molecular weight excluding hydrogens is 200 g/mol. The van der Waals surface area contributed by atoms with Crippen molar-refractivity contribution in [2.75, 3.05) is 13.2 Å². The Bertz CT molecular complexity index is 226. The van der Waals surface area contributed by atoms with Gasteiger partial charge in [-0.1, -0.05) is 0 Å². The first-order chi connectivity index (χ1) is 7.18. The van der Waals surface area contributed by atoms with Gasteiger partial charge in [0.1, 0.15) is 6.23 Å². The predicted octanol–water partition coefficient (Wildman–Crippen LogP) is 0.287. The number of carboxylic acid groups (broad SMARTS) is 1. The second-order valence-corrected chi connectivity index (χ2v) is 3.40. The van der Waals surface area contributed by atoms with Gasteiger partial charge in [0.25, 0.3) is 0 Å². The molecule has 1 unspecified atom stereocenters. The van der Waals surface area contributed by atoms with Crippen LogP contribution >= 0.6 is 0 Å². The Balaban J connectivity index is 2.00. The van der Waals surface area contributed by atoms with Gasteiger partial charge in [-0.15, -0.1) is 0 Å². The standard InChI is InChI=1S/C9H16N2O4/c12-8(13)4-1-5-10-9(14)11-7-3-2-6-15-7/h7H,1-6H2,(H,12,13)(H2,10,11,14). The lowest BCUT2D eigenvalue weighted by atomic mass is 10.3. The average Bonchev–Trinajstić information content (AvgIpc) is 2.64. The molecule has 1 aliphatic rings. The molecule has 0 spiro atoms. The van der Waals surface area contributed by atoms with Crippen molar-refractivity contribution in [3.8, 4) is 0 Å². The fourth-order valence-electron chi connectivity index (χ4n) is 1.33. The van der Waals surface area contributed by atoms with Crippen LogP contribution in [-0.4, -0.2) is 36.5 Å². The highest BCUT2D eigenvalue weighted by Crippen LogP contribution is 2.08. The molecule has 15 heavy (non-hydrogen) atoms. The van der Waals surface area contributed by atoms with Gasteiger partial charge in [0, 0.05) is 19.6 Å². The average molecular weight is 216 g/mol. The summed E-state index contributed by atoms with van der Waals surface area (Å²) in [6, 6.07) is -0.299. The van der Waals surface area contributed by atoms with E-state index in [2.05, 4.69) is 10.6 Å². The molecule has 0 aromatic carbocycles. The lowest BCUT2D eigenvalue weighted by Crippen LogP contribution is -2.42. The molecule has 2 amide bonds. The van der Waals surface area contributed by atoms with E-state index in [9.17, 15) is 9.59 Å². The van der Waals surface area contributed by atoms with E-state index in [-0.39, 0.29) is 18.7 Å². The fraction of sp³-hybridized carbons (Fsp3) is 0.778. The second kappa shape index (κ2) is 6.23. The van der Waals surface area contributed by atoms with Crippen molar-refractivity contribution in [2.45, 2.75) is 31.9 Å². The van der Waals surface area contributed by atoms with Crippen LogP contribution in [0.3, 0.4) is 0 Å². The predicted molar refractivity (Wildman–Crippen MR) is 52.4 cm³/mol. The van der Waals surface area contributed by atoms with Crippen LogP contribution in [0.5, 0.6) is 0 Å². The molecule has 0 radical (unpaired) electrons. The summed E-state index contributed by atoms with van der Waals surface area (Å²) in [6.07, 6.45) is 2.12. The number of urea groups is 1. The summed E-state index contributed by atoms with van der Waals surface area (Å²) >= 11 is 0. The summed E-state index contributed by atoms with van der Waals surface area (Å²) in [7, 11) is 0. The summed E-state index contributed by atoms with van der Waals surface area (Å²) in [6.45, 7) is 1.05. The Morgan fingerprint density at radius 3 is 2.87 bits per heavy atom. The number of amides is 2. The van der Waals surface area contributed by atoms with E-state index in [0.717, 1.165) is 12.8 Å². The van der Waals surface area contributed by atoms with Gasteiger partial charge in [0.05, 0.1) is 0 Å². The van der Waals surface area contributed by atoms with E-state index in [1.165, 1.54) is 0 Å². The van der Waals surface area contributed by atoms with Crippen molar-refractivity contribution < 1.29 is 19.4 Å². The molecule has 0 aromatic heterocycles. The van der Waals surface area contributed by atoms with Gasteiger partial charge in [-0.05, 0) is 19.3 Å². The third-order valence-electron chi connectivity index (χ3n) is 2.07. The minimum absolute atomic E-state index is 0.0697.